The molecule has 504 valence electrons. The van der Waals surface area contributed by atoms with Crippen LogP contribution in [0.4, 0.5) is 0 Å². The van der Waals surface area contributed by atoms with Crippen LogP contribution in [-0.4, -0.2) is 199 Å². The number of rotatable bonds is 10. The summed E-state index contributed by atoms with van der Waals surface area (Å²) in [6.07, 6.45) is 18.1. The second-order valence-corrected chi connectivity index (χ2v) is 31.3. The minimum Gasteiger partial charge on any atom is -0.504 e. The molecule has 6 bridgehead atoms. The Morgan fingerprint density at radius 2 is 1.13 bits per heavy atom. The number of aromatic hydroxyl groups is 3. The number of Topliss-reactive ketones (excluding diaryl/α,β-unsaturated/α-hetero) is 3. The number of quaternary nitrogens is 1. The van der Waals surface area contributed by atoms with E-state index in [0.29, 0.717) is 75.2 Å². The van der Waals surface area contributed by atoms with Crippen molar-refractivity contribution in [2.75, 3.05) is 67.0 Å². The van der Waals surface area contributed by atoms with Crippen LogP contribution in [0.1, 0.15) is 142 Å². The number of hydrogen-bond donors (Lipinski definition) is 6. The maximum atomic E-state index is 12.8. The molecule has 5 saturated carbocycles. The van der Waals surface area contributed by atoms with E-state index in [2.05, 4.69) is 40.5 Å². The Kier molecular flexibility index (Phi) is 14.7. The number of phenolic OH excluding ortho intramolecular Hbond substituents is 3. The number of nitrogens with zero attached hydrogens (tertiary/aromatic N) is 4. The van der Waals surface area contributed by atoms with Crippen molar-refractivity contribution in [2.45, 2.75) is 203 Å². The molecule has 3 saturated heterocycles. The number of phenols is 3. The molecule has 9 aliphatic carbocycles. The highest BCUT2D eigenvalue weighted by Gasteiger charge is 2.78. The molecule has 3 unspecified atom stereocenters. The van der Waals surface area contributed by atoms with Crippen LogP contribution in [0.3, 0.4) is 0 Å². The van der Waals surface area contributed by atoms with Gasteiger partial charge in [0.05, 0.1) is 54.2 Å². The predicted molar refractivity (Wildman–Crippen MR) is 352 cm³/mol. The van der Waals surface area contributed by atoms with Crippen LogP contribution in [0.5, 0.6) is 34.5 Å². The zero-order valence-corrected chi connectivity index (χ0v) is 55.4. The second kappa shape index (κ2) is 22.2. The van der Waals surface area contributed by atoms with Crippen LogP contribution in [-0.2, 0) is 64.8 Å². The maximum absolute atomic E-state index is 12.8. The second-order valence-electron chi connectivity index (χ2n) is 31.3. The fraction of sp³-hybridized carbons (Fsp3) is 0.584. The van der Waals surface area contributed by atoms with Gasteiger partial charge in [0.25, 0.3) is 0 Å². The summed E-state index contributed by atoms with van der Waals surface area (Å²) < 4.78 is 24.4. The van der Waals surface area contributed by atoms with Crippen molar-refractivity contribution in [1.29, 1.82) is 0 Å². The van der Waals surface area contributed by atoms with Crippen molar-refractivity contribution >= 4 is 23.3 Å². The third kappa shape index (κ3) is 8.64. The number of benzene rings is 4. The zero-order valence-electron chi connectivity index (χ0n) is 55.4. The number of ketones is 3. The fourth-order valence-electron chi connectivity index (χ4n) is 22.1. The molecule has 18 heteroatoms. The van der Waals surface area contributed by atoms with Gasteiger partial charge in [-0.1, -0.05) is 66.8 Å². The number of piperidine rings is 3. The van der Waals surface area contributed by atoms with Crippen molar-refractivity contribution in [3.8, 4) is 34.5 Å². The van der Waals surface area contributed by atoms with Gasteiger partial charge in [0, 0.05) is 92.5 Å². The number of aliphatic hydroxyl groups is 3. The molecule has 4 aromatic rings. The molecule has 6 N–H and O–H groups in total. The normalized spacial score (nSPS) is 38.6. The van der Waals surface area contributed by atoms with Crippen LogP contribution < -0.4 is 14.2 Å². The van der Waals surface area contributed by atoms with Crippen molar-refractivity contribution < 1.29 is 73.2 Å². The van der Waals surface area contributed by atoms with E-state index in [1.165, 1.54) is 25.7 Å². The van der Waals surface area contributed by atoms with Gasteiger partial charge in [-0.3, -0.25) is 29.0 Å². The smallest absolute Gasteiger partial charge is 0.318 e. The summed E-state index contributed by atoms with van der Waals surface area (Å²) in [4.78, 5) is 57.7. The zero-order chi connectivity index (χ0) is 66.1. The monoisotopic (exact) mass is 1300 g/mol. The molecule has 6 aliphatic heterocycles. The van der Waals surface area contributed by atoms with Crippen LogP contribution in [0.15, 0.2) is 91.5 Å². The highest BCUT2D eigenvalue weighted by atomic mass is 16.5. The molecule has 19 rings (SSSR count). The average Bonchev–Trinajstić information content (AvgIpc) is 1.61. The van der Waals surface area contributed by atoms with Crippen LogP contribution in [0, 0.1) is 11.8 Å². The molecular formula is C77H93N4O14+. The first-order chi connectivity index (χ1) is 45.6. The van der Waals surface area contributed by atoms with Gasteiger partial charge in [0.15, 0.2) is 70.2 Å². The lowest BCUT2D eigenvalue weighted by Gasteiger charge is -2.64. The van der Waals surface area contributed by atoms with Gasteiger partial charge >= 0.3 is 5.97 Å². The average molecular weight is 1300 g/mol. The molecule has 0 radical (unpaired) electrons. The molecule has 8 fully saturated rings. The summed E-state index contributed by atoms with van der Waals surface area (Å²) >= 11 is 0. The van der Waals surface area contributed by atoms with Gasteiger partial charge in [-0.15, -0.1) is 6.58 Å². The predicted octanol–water partition coefficient (Wildman–Crippen LogP) is 7.26. The van der Waals surface area contributed by atoms with E-state index in [1.54, 1.807) is 18.2 Å². The molecule has 4 aromatic carbocycles. The van der Waals surface area contributed by atoms with Gasteiger partial charge in [-0.05, 0) is 157 Å². The Morgan fingerprint density at radius 3 is 1.62 bits per heavy atom. The number of likely N-dealkylation sites (tertiary alicyclic amines) is 3. The first-order valence-electron chi connectivity index (χ1n) is 35.4. The summed E-state index contributed by atoms with van der Waals surface area (Å²) in [5.41, 5.74) is 1.64. The number of hydrogen-bond acceptors (Lipinski definition) is 17. The van der Waals surface area contributed by atoms with Gasteiger partial charge in [-0.2, -0.15) is 0 Å². The molecule has 3 spiro atoms. The highest BCUT2D eigenvalue weighted by Crippen LogP contribution is 2.69. The Bertz CT molecular complexity index is 3890. The molecular weight excluding hydrogens is 1200 g/mol. The Hall–Kier alpha value is -6.64. The fourth-order valence-corrected chi connectivity index (χ4v) is 22.1. The van der Waals surface area contributed by atoms with Crippen molar-refractivity contribution in [1.82, 2.24) is 14.7 Å². The first-order valence-corrected chi connectivity index (χ1v) is 35.4. The Balaban J connectivity index is 0.000000100. The van der Waals surface area contributed by atoms with Crippen molar-refractivity contribution in [3.63, 3.8) is 0 Å². The van der Waals surface area contributed by atoms with Gasteiger partial charge < -0.3 is 59.0 Å². The van der Waals surface area contributed by atoms with Crippen molar-refractivity contribution in [3.05, 3.63) is 130 Å². The molecule has 0 aromatic heterocycles. The summed E-state index contributed by atoms with van der Waals surface area (Å²) in [6, 6.07) is 21.0. The number of allylic oxidation sites excluding steroid dienone is 1. The SMILES string of the molecule is C=CCN1CC[C@]23c4c5ccc(O)c4O[C@H]2C(=O)CC[C@@]3(O)[C@H]1C5.CCOC(=O)C1(c2ccccc2)CCC=CC1N(C)C.C[N+]1(CC2CC2)CC[C@]23c4c5ccc(O)c4O[C@H]2C(=O)CC[C@@]3(O)[C@H]1C5.O=C1CC[C@@]2(O)[C@H]3Cc4ccc(O)c5c4[C@@]2(CCN3CC2CC2)[C@H]1O5. The van der Waals surface area contributed by atoms with E-state index >= 15 is 0 Å². The van der Waals surface area contributed by atoms with Gasteiger partial charge in [0.1, 0.15) is 17.1 Å². The number of carbonyl (C=O) groups excluding carboxylic acids is 4. The highest BCUT2D eigenvalue weighted by molar-refractivity contribution is 5.92. The number of esters is 1. The van der Waals surface area contributed by atoms with Gasteiger partial charge in [-0.25, -0.2) is 0 Å². The third-order valence-electron chi connectivity index (χ3n) is 26.6. The lowest BCUT2D eigenvalue weighted by molar-refractivity contribution is -0.950. The molecule has 15 aliphatic rings. The van der Waals surface area contributed by atoms with Crippen LogP contribution >= 0.6 is 0 Å². The van der Waals surface area contributed by atoms with E-state index in [0.717, 1.165) is 133 Å². The number of likely N-dealkylation sites (N-methyl/N-ethyl adjacent to an activating group) is 2. The molecule has 6 heterocycles. The molecule has 18 nitrogen and oxygen atoms in total. The largest absolute Gasteiger partial charge is 0.504 e. The molecule has 0 amide bonds. The molecule has 95 heavy (non-hydrogen) atoms. The Labute approximate surface area is 556 Å². The van der Waals surface area contributed by atoms with E-state index in [-0.39, 0.29) is 64.7 Å². The standard InChI is InChI=1S/C21H25NO4.C20H23NO4.C19H21NO4.C17H23NO2/c1-22(11-12-2-3-12)9-8-20-17-13-4-5-14(23)18(17)26-19(20)15(24)6-7-21(20,25)16(22)10-13;22-13-4-3-12-9-15-20(24)6-5-14(23)18-19(20,16(12)17(13)25-18)7-8-21(15)10-11-1-2-11;1-2-8-20-9-7-18-15-11-3-4-12(21)16(15)24-17(18)13(22)5-6-19(18,23)14(20)10-11;1-4-20-16(19)17(14-10-6-5-7-11-14)13-9-8-12-15(17)18(2)3/h4-5,12,16,19,25H,2-3,6-11H2,1H3;3-4,11,15,18,22,24H,1-2,5-10H2;2-4,14,17,21,23H,1,5-10H2;5-8,10-12,15H,4,9,13H2,1-3H3/p+1/t16-,19+,20+,21-,22?;15-,18+,19+,20-;14-,17+,18+,19-;/m111./s1. The van der Waals surface area contributed by atoms with E-state index in [1.807, 2.05) is 75.6 Å². The maximum Gasteiger partial charge on any atom is 0.318 e. The van der Waals surface area contributed by atoms with Crippen LogP contribution in [0.2, 0.25) is 0 Å². The minimum atomic E-state index is -1.00. The topological polar surface area (TPSA) is 236 Å². The summed E-state index contributed by atoms with van der Waals surface area (Å²) in [5, 5.41) is 66.9. The summed E-state index contributed by atoms with van der Waals surface area (Å²) in [7, 11) is 6.33. The summed E-state index contributed by atoms with van der Waals surface area (Å²) in [5.74, 6) is 3.22. The quantitative estimate of drug-likeness (QED) is 0.0520. The third-order valence-corrected chi connectivity index (χ3v) is 26.6. The number of carbonyl (C=O) groups is 4. The lowest BCUT2D eigenvalue weighted by Crippen LogP contribution is -2.80. The lowest BCUT2D eigenvalue weighted by atomic mass is 9.48. The molecule has 15 atom stereocenters. The first kappa shape index (κ1) is 63.1. The van der Waals surface area contributed by atoms with E-state index < -0.39 is 56.8 Å². The summed E-state index contributed by atoms with van der Waals surface area (Å²) in [6.45, 7) is 11.7. The van der Waals surface area contributed by atoms with Gasteiger partial charge in [0.2, 0.25) is 0 Å². The number of ether oxygens (including phenoxy) is 4. The van der Waals surface area contributed by atoms with Crippen LogP contribution in [0.25, 0.3) is 0 Å². The minimum absolute atomic E-state index is 0.0256. The van der Waals surface area contributed by atoms with E-state index in [9.17, 15) is 49.8 Å². The van der Waals surface area contributed by atoms with E-state index in [4.69, 9.17) is 18.9 Å². The van der Waals surface area contributed by atoms with Crippen molar-refractivity contribution in [2.24, 2.45) is 11.8 Å². The Morgan fingerprint density at radius 1 is 0.642 bits per heavy atom.